The fourth-order valence-corrected chi connectivity index (χ4v) is 4.04. The van der Waals surface area contributed by atoms with Gasteiger partial charge in [0, 0.05) is 31.1 Å². The van der Waals surface area contributed by atoms with Crippen molar-refractivity contribution >= 4 is 35.0 Å². The van der Waals surface area contributed by atoms with Crippen LogP contribution in [0.1, 0.15) is 26.2 Å². The number of anilines is 1. The highest BCUT2D eigenvalue weighted by molar-refractivity contribution is 7.99. The molecule has 1 saturated carbocycles. The number of likely N-dealkylation sites (N-methyl/N-ethyl adjacent to an activating group) is 1. The number of nitrogens with one attached hydrogen (secondary N) is 1. The molecule has 3 rings (SSSR count). The minimum atomic E-state index is -0.423. The smallest absolute Gasteiger partial charge is 0.227 e. The molecule has 0 bridgehead atoms. The zero-order chi connectivity index (χ0) is 16.9. The van der Waals surface area contributed by atoms with Crippen LogP contribution in [-0.4, -0.2) is 39.3 Å². The number of hydrazine groups is 1. The molecule has 0 radical (unpaired) electrons. The van der Waals surface area contributed by atoms with Crippen LogP contribution in [0.2, 0.25) is 0 Å². The van der Waals surface area contributed by atoms with Gasteiger partial charge in [0.2, 0.25) is 5.91 Å². The lowest BCUT2D eigenvalue weighted by molar-refractivity contribution is -0.128. The average molecular weight is 367 g/mol. The summed E-state index contributed by atoms with van der Waals surface area (Å²) in [5.74, 6) is 3.10. The first kappa shape index (κ1) is 17.6. The van der Waals surface area contributed by atoms with Crippen LogP contribution in [-0.2, 0) is 4.79 Å². The number of hydrogen-bond donors (Lipinski definition) is 1. The summed E-state index contributed by atoms with van der Waals surface area (Å²) in [6, 6.07) is 3.81. The number of halogens is 1. The molecule has 2 heterocycles. The Bertz CT molecular complexity index is 594. The zero-order valence-corrected chi connectivity index (χ0v) is 15.4. The van der Waals surface area contributed by atoms with Gasteiger partial charge in [-0.3, -0.25) is 14.8 Å². The second kappa shape index (κ2) is 8.23. The Hall–Kier alpha value is -1.24. The second-order valence-corrected chi connectivity index (χ2v) is 7.62. The predicted molar refractivity (Wildman–Crippen MR) is 99.6 cm³/mol. The number of amides is 1. The number of carbonyl (C=O) groups excluding carboxylic acids is 1. The minimum absolute atomic E-state index is 0.132. The molecule has 24 heavy (non-hydrogen) atoms. The number of alkyl halides is 1. The van der Waals surface area contributed by atoms with E-state index in [1.165, 1.54) is 18.6 Å². The Labute approximate surface area is 152 Å². The Morgan fingerprint density at radius 2 is 2.38 bits per heavy atom. The number of hydrogen-bond acceptors (Lipinski definition) is 5. The summed E-state index contributed by atoms with van der Waals surface area (Å²) in [4.78, 5) is 18.5. The van der Waals surface area contributed by atoms with Crippen molar-refractivity contribution in [1.82, 2.24) is 15.3 Å². The molecule has 1 unspecified atom stereocenters. The van der Waals surface area contributed by atoms with Crippen LogP contribution in [0.4, 0.5) is 5.69 Å². The molecule has 1 atom stereocenters. The van der Waals surface area contributed by atoms with E-state index in [1.807, 2.05) is 42.0 Å². The largest absolute Gasteiger partial charge is 0.312 e. The van der Waals surface area contributed by atoms with Gasteiger partial charge in [0.05, 0.1) is 17.6 Å². The molecule has 5 nitrogen and oxygen atoms in total. The van der Waals surface area contributed by atoms with E-state index in [-0.39, 0.29) is 5.91 Å². The fourth-order valence-electron chi connectivity index (χ4n) is 2.61. The third-order valence-electron chi connectivity index (χ3n) is 4.14. The Balaban J connectivity index is 1.59. The first-order valence-corrected chi connectivity index (χ1v) is 9.97. The maximum atomic E-state index is 12.6. The van der Waals surface area contributed by atoms with Crippen molar-refractivity contribution in [2.24, 2.45) is 5.92 Å². The van der Waals surface area contributed by atoms with E-state index in [0.29, 0.717) is 13.0 Å². The summed E-state index contributed by atoms with van der Waals surface area (Å²) in [5.41, 5.74) is 4.41. The fraction of sp³-hybridized carbons (Fsp3) is 0.529. The van der Waals surface area contributed by atoms with Gasteiger partial charge in [-0.2, -0.15) is 11.8 Å². The van der Waals surface area contributed by atoms with Gasteiger partial charge < -0.3 is 4.90 Å². The molecule has 1 aromatic rings. The summed E-state index contributed by atoms with van der Waals surface area (Å²) in [6.45, 7) is 2.59. The van der Waals surface area contributed by atoms with E-state index in [2.05, 4.69) is 10.4 Å². The molecule has 1 fully saturated rings. The molecule has 0 aromatic carbocycles. The third kappa shape index (κ3) is 4.43. The molecule has 1 aliphatic carbocycles. The van der Waals surface area contributed by atoms with Crippen molar-refractivity contribution in [3.05, 3.63) is 36.4 Å². The van der Waals surface area contributed by atoms with Crippen LogP contribution in [0.25, 0.3) is 0 Å². The number of rotatable bonds is 8. The number of thioether (sulfide) groups is 1. The van der Waals surface area contributed by atoms with Crippen LogP contribution < -0.4 is 10.4 Å². The van der Waals surface area contributed by atoms with Gasteiger partial charge in [-0.05, 0) is 43.6 Å². The summed E-state index contributed by atoms with van der Waals surface area (Å²) >= 11 is 8.30. The van der Waals surface area contributed by atoms with Gasteiger partial charge in [-0.25, -0.2) is 5.43 Å². The topological polar surface area (TPSA) is 48.5 Å². The van der Waals surface area contributed by atoms with E-state index in [0.717, 1.165) is 23.1 Å². The van der Waals surface area contributed by atoms with E-state index in [1.54, 1.807) is 17.3 Å². The maximum Gasteiger partial charge on any atom is 0.227 e. The molecule has 1 amide bonds. The quantitative estimate of drug-likeness (QED) is 0.435. The molecular formula is C17H23ClN4OS. The predicted octanol–water partition coefficient (Wildman–Crippen LogP) is 3.19. The van der Waals surface area contributed by atoms with Crippen LogP contribution in [0.5, 0.6) is 0 Å². The normalized spacial score (nSPS) is 20.2. The van der Waals surface area contributed by atoms with Crippen LogP contribution in [0.15, 0.2) is 36.4 Å². The molecule has 1 aromatic heterocycles. The van der Waals surface area contributed by atoms with Crippen molar-refractivity contribution in [1.29, 1.82) is 0 Å². The highest BCUT2D eigenvalue weighted by atomic mass is 35.5. The first-order valence-electron chi connectivity index (χ1n) is 8.38. The SMILES string of the molecule is CCN(C(=O)CCSCC1CC1)C1=CN(c2cccnc2)NC1Cl. The molecule has 2 aliphatic rings. The molecule has 0 spiro atoms. The van der Waals surface area contributed by atoms with E-state index < -0.39 is 5.50 Å². The molecular weight excluding hydrogens is 344 g/mol. The van der Waals surface area contributed by atoms with Gasteiger partial charge >= 0.3 is 0 Å². The monoisotopic (exact) mass is 366 g/mol. The minimum Gasteiger partial charge on any atom is -0.312 e. The number of carbonyl (C=O) groups is 1. The Kier molecular flexibility index (Phi) is 6.03. The Morgan fingerprint density at radius 3 is 3.04 bits per heavy atom. The van der Waals surface area contributed by atoms with Gasteiger partial charge in [-0.15, -0.1) is 0 Å². The summed E-state index contributed by atoms with van der Waals surface area (Å²) in [6.07, 6.45) is 8.64. The number of nitrogens with zero attached hydrogens (tertiary/aromatic N) is 3. The molecule has 1 aliphatic heterocycles. The summed E-state index contributed by atoms with van der Waals surface area (Å²) < 4.78 is 0. The van der Waals surface area contributed by atoms with E-state index in [4.69, 9.17) is 11.6 Å². The van der Waals surface area contributed by atoms with Crippen molar-refractivity contribution < 1.29 is 4.79 Å². The van der Waals surface area contributed by atoms with E-state index >= 15 is 0 Å². The maximum absolute atomic E-state index is 12.6. The van der Waals surface area contributed by atoms with Crippen LogP contribution in [0.3, 0.4) is 0 Å². The highest BCUT2D eigenvalue weighted by Crippen LogP contribution is 2.32. The van der Waals surface area contributed by atoms with Gasteiger partial charge in [0.15, 0.2) is 0 Å². The Morgan fingerprint density at radius 1 is 1.54 bits per heavy atom. The van der Waals surface area contributed by atoms with Crippen molar-refractivity contribution in [3.63, 3.8) is 0 Å². The zero-order valence-electron chi connectivity index (χ0n) is 13.8. The summed E-state index contributed by atoms with van der Waals surface area (Å²) in [5, 5.41) is 1.82. The number of aromatic nitrogens is 1. The lowest BCUT2D eigenvalue weighted by atomic mass is 10.3. The standard InChI is InChI=1S/C17H23ClN4OS/c1-2-21(16(23)7-9-24-12-13-5-6-13)15-11-22(20-17(15)18)14-4-3-8-19-10-14/h3-4,8,10-11,13,17,20H,2,5-7,9,12H2,1H3. The molecule has 130 valence electrons. The van der Waals surface area contributed by atoms with Gasteiger partial charge in [-0.1, -0.05) is 11.6 Å². The van der Waals surface area contributed by atoms with E-state index in [9.17, 15) is 4.79 Å². The average Bonchev–Trinajstić information content (AvgIpc) is 3.35. The van der Waals surface area contributed by atoms with Crippen LogP contribution >= 0.6 is 23.4 Å². The third-order valence-corrected chi connectivity index (χ3v) is 5.66. The van der Waals surface area contributed by atoms with Crippen molar-refractivity contribution in [3.8, 4) is 0 Å². The van der Waals surface area contributed by atoms with Gasteiger partial charge in [0.25, 0.3) is 0 Å². The summed E-state index contributed by atoms with van der Waals surface area (Å²) in [7, 11) is 0. The number of pyridine rings is 1. The first-order chi connectivity index (χ1) is 11.7. The lowest BCUT2D eigenvalue weighted by Crippen LogP contribution is -2.37. The van der Waals surface area contributed by atoms with Crippen LogP contribution in [0, 0.1) is 5.92 Å². The molecule has 7 heteroatoms. The van der Waals surface area contributed by atoms with Crippen molar-refractivity contribution in [2.45, 2.75) is 31.7 Å². The highest BCUT2D eigenvalue weighted by Gasteiger charge is 2.29. The lowest BCUT2D eigenvalue weighted by Gasteiger charge is -2.23. The molecule has 1 N–H and O–H groups in total. The molecule has 0 saturated heterocycles. The van der Waals surface area contributed by atoms with Gasteiger partial charge in [0.1, 0.15) is 5.50 Å². The van der Waals surface area contributed by atoms with Crippen molar-refractivity contribution in [2.75, 3.05) is 23.1 Å². The second-order valence-electron chi connectivity index (χ2n) is 6.03.